The molecule has 0 atom stereocenters. The first-order valence-corrected chi connectivity index (χ1v) is 11.0. The lowest BCUT2D eigenvalue weighted by molar-refractivity contribution is 0.102. The van der Waals surface area contributed by atoms with E-state index in [-0.39, 0.29) is 16.2 Å². The van der Waals surface area contributed by atoms with Gasteiger partial charge in [-0.3, -0.25) is 4.79 Å². The van der Waals surface area contributed by atoms with Gasteiger partial charge in [-0.1, -0.05) is 17.7 Å². The van der Waals surface area contributed by atoms with Gasteiger partial charge in [0.1, 0.15) is 22.8 Å². The van der Waals surface area contributed by atoms with Crippen molar-refractivity contribution in [3.05, 3.63) is 71.5 Å². The zero-order chi connectivity index (χ0) is 22.2. The summed E-state index contributed by atoms with van der Waals surface area (Å²) in [6, 6.07) is 15.7. The highest BCUT2D eigenvalue weighted by atomic mass is 32.2. The van der Waals surface area contributed by atoms with Crippen LogP contribution in [-0.4, -0.2) is 40.6 Å². The molecule has 0 spiro atoms. The first-order valence-electron chi connectivity index (χ1n) is 9.10. The zero-order valence-corrected chi connectivity index (χ0v) is 17.4. The molecule has 0 unspecified atom stereocenters. The lowest BCUT2D eigenvalue weighted by Crippen LogP contribution is -2.17. The van der Waals surface area contributed by atoms with Crippen molar-refractivity contribution in [2.24, 2.45) is 0 Å². The van der Waals surface area contributed by atoms with Crippen molar-refractivity contribution >= 4 is 32.5 Å². The van der Waals surface area contributed by atoms with Crippen LogP contribution in [0.2, 0.25) is 0 Å². The minimum Gasteiger partial charge on any atom is -0.322 e. The van der Waals surface area contributed by atoms with Gasteiger partial charge >= 0.3 is 0 Å². The van der Waals surface area contributed by atoms with Crippen LogP contribution >= 0.6 is 0 Å². The number of carbonyl (C=O) groups is 1. The standard InChI is InChI=1S/C21H16N6O3S/c1-13-3-6-16(7-4-13)27-25-18-8-5-14(10-19(18)26-27)24-21(28)17-9-15(11-22)23-12-20(17)31(2,29)30/h3-10,12H,1-2H3,(H,24,28). The molecule has 1 amide bonds. The predicted molar refractivity (Wildman–Crippen MR) is 114 cm³/mol. The van der Waals surface area contributed by atoms with Gasteiger partial charge in [0.05, 0.1) is 16.1 Å². The Morgan fingerprint density at radius 3 is 2.45 bits per heavy atom. The summed E-state index contributed by atoms with van der Waals surface area (Å²) in [6.45, 7) is 1.99. The van der Waals surface area contributed by atoms with Crippen LogP contribution in [0.4, 0.5) is 5.69 Å². The molecule has 10 heteroatoms. The summed E-state index contributed by atoms with van der Waals surface area (Å²) >= 11 is 0. The number of rotatable bonds is 4. The molecule has 0 aliphatic carbocycles. The second-order valence-electron chi connectivity index (χ2n) is 6.93. The number of nitrogens with zero attached hydrogens (tertiary/aromatic N) is 5. The van der Waals surface area contributed by atoms with Crippen LogP contribution in [0.15, 0.2) is 59.6 Å². The maximum Gasteiger partial charge on any atom is 0.257 e. The molecule has 4 aromatic rings. The summed E-state index contributed by atoms with van der Waals surface area (Å²) in [5.41, 5.74) is 3.29. The van der Waals surface area contributed by atoms with Gasteiger partial charge in [-0.25, -0.2) is 13.4 Å². The Labute approximate surface area is 177 Å². The van der Waals surface area contributed by atoms with Crippen molar-refractivity contribution < 1.29 is 13.2 Å². The minimum absolute atomic E-state index is 0.0611. The highest BCUT2D eigenvalue weighted by molar-refractivity contribution is 7.90. The molecular formula is C21H16N6O3S. The lowest BCUT2D eigenvalue weighted by atomic mass is 10.2. The fourth-order valence-corrected chi connectivity index (χ4v) is 3.76. The van der Waals surface area contributed by atoms with Crippen LogP contribution in [0.5, 0.6) is 0 Å². The molecule has 0 fully saturated rings. The normalized spacial score (nSPS) is 11.3. The predicted octanol–water partition coefficient (Wildman–Crippen LogP) is 2.65. The number of aromatic nitrogens is 4. The number of nitriles is 1. The highest BCUT2D eigenvalue weighted by Gasteiger charge is 2.21. The third-order valence-corrected chi connectivity index (χ3v) is 5.65. The van der Waals surface area contributed by atoms with Crippen molar-refractivity contribution in [2.45, 2.75) is 11.8 Å². The van der Waals surface area contributed by atoms with E-state index in [1.54, 1.807) is 24.3 Å². The average Bonchev–Trinajstić information content (AvgIpc) is 3.16. The Balaban J connectivity index is 1.67. The number of fused-ring (bicyclic) bond motifs is 1. The molecule has 9 nitrogen and oxygen atoms in total. The maximum atomic E-state index is 12.8. The van der Waals surface area contributed by atoms with E-state index in [0.29, 0.717) is 16.7 Å². The van der Waals surface area contributed by atoms with E-state index in [1.807, 2.05) is 31.2 Å². The van der Waals surface area contributed by atoms with Crippen LogP contribution in [0.3, 0.4) is 0 Å². The molecule has 0 aliphatic heterocycles. The zero-order valence-electron chi connectivity index (χ0n) is 16.6. The molecule has 1 N–H and O–H groups in total. The summed E-state index contributed by atoms with van der Waals surface area (Å²) < 4.78 is 24.0. The Morgan fingerprint density at radius 1 is 1.06 bits per heavy atom. The van der Waals surface area contributed by atoms with Crippen molar-refractivity contribution in [1.29, 1.82) is 5.26 Å². The SMILES string of the molecule is Cc1ccc(-n2nc3ccc(NC(=O)c4cc(C#N)ncc4S(C)(=O)=O)cc3n2)cc1. The van der Waals surface area contributed by atoms with Crippen LogP contribution in [0.1, 0.15) is 21.6 Å². The van der Waals surface area contributed by atoms with Gasteiger partial charge in [0.15, 0.2) is 9.84 Å². The van der Waals surface area contributed by atoms with E-state index < -0.39 is 15.7 Å². The average molecular weight is 432 g/mol. The van der Waals surface area contributed by atoms with E-state index in [2.05, 4.69) is 20.5 Å². The Bertz CT molecular complexity index is 1470. The van der Waals surface area contributed by atoms with E-state index in [9.17, 15) is 13.2 Å². The van der Waals surface area contributed by atoms with Crippen molar-refractivity contribution in [1.82, 2.24) is 20.0 Å². The minimum atomic E-state index is -3.72. The highest BCUT2D eigenvalue weighted by Crippen LogP contribution is 2.21. The third-order valence-electron chi connectivity index (χ3n) is 4.53. The number of hydrogen-bond donors (Lipinski definition) is 1. The summed E-state index contributed by atoms with van der Waals surface area (Å²) in [7, 11) is -3.72. The largest absolute Gasteiger partial charge is 0.322 e. The number of aryl methyl sites for hydroxylation is 1. The number of anilines is 1. The number of pyridine rings is 1. The smallest absolute Gasteiger partial charge is 0.257 e. The van der Waals surface area contributed by atoms with Gasteiger partial charge < -0.3 is 5.32 Å². The summed E-state index contributed by atoms with van der Waals surface area (Å²) in [6.07, 6.45) is 1.99. The molecule has 0 aliphatic rings. The van der Waals surface area contributed by atoms with E-state index >= 15 is 0 Å². The molecule has 2 aromatic heterocycles. The maximum absolute atomic E-state index is 12.8. The van der Waals surface area contributed by atoms with Gasteiger partial charge in [-0.15, -0.1) is 10.2 Å². The van der Waals surface area contributed by atoms with E-state index in [0.717, 1.165) is 29.8 Å². The molecule has 0 saturated heterocycles. The summed E-state index contributed by atoms with van der Waals surface area (Å²) in [5, 5.41) is 20.6. The van der Waals surface area contributed by atoms with Gasteiger partial charge in [0.25, 0.3) is 5.91 Å². The fraction of sp³-hybridized carbons (Fsp3) is 0.0952. The molecular weight excluding hydrogens is 416 g/mol. The van der Waals surface area contributed by atoms with Crippen LogP contribution in [-0.2, 0) is 9.84 Å². The third kappa shape index (κ3) is 4.12. The number of nitrogens with one attached hydrogen (secondary N) is 1. The van der Waals surface area contributed by atoms with Gasteiger partial charge in [-0.2, -0.15) is 10.1 Å². The fourth-order valence-electron chi connectivity index (χ4n) is 2.96. The first kappa shape index (κ1) is 20.2. The number of carbonyl (C=O) groups excluding carboxylic acids is 1. The molecule has 154 valence electrons. The summed E-state index contributed by atoms with van der Waals surface area (Å²) in [5.74, 6) is -0.676. The quantitative estimate of drug-likeness (QED) is 0.524. The van der Waals surface area contributed by atoms with Crippen LogP contribution < -0.4 is 5.32 Å². The van der Waals surface area contributed by atoms with Crippen LogP contribution in [0.25, 0.3) is 16.7 Å². The second-order valence-corrected chi connectivity index (χ2v) is 8.92. The first-order chi connectivity index (χ1) is 14.7. The molecule has 4 rings (SSSR count). The monoisotopic (exact) mass is 432 g/mol. The topological polar surface area (TPSA) is 131 Å². The molecule has 2 aromatic carbocycles. The van der Waals surface area contributed by atoms with Gasteiger partial charge in [0.2, 0.25) is 0 Å². The number of benzene rings is 2. The molecule has 0 radical (unpaired) electrons. The van der Waals surface area contributed by atoms with Crippen molar-refractivity contribution in [3.63, 3.8) is 0 Å². The number of hydrogen-bond acceptors (Lipinski definition) is 7. The number of amides is 1. The summed E-state index contributed by atoms with van der Waals surface area (Å²) in [4.78, 5) is 17.8. The second kappa shape index (κ2) is 7.62. The van der Waals surface area contributed by atoms with E-state index in [4.69, 9.17) is 5.26 Å². The Morgan fingerprint density at radius 2 is 1.77 bits per heavy atom. The van der Waals surface area contributed by atoms with Crippen LogP contribution in [0, 0.1) is 18.3 Å². The number of sulfone groups is 1. The van der Waals surface area contributed by atoms with E-state index in [1.165, 1.54) is 4.80 Å². The van der Waals surface area contributed by atoms with Crippen molar-refractivity contribution in [2.75, 3.05) is 11.6 Å². The lowest BCUT2D eigenvalue weighted by Gasteiger charge is -2.09. The molecule has 0 saturated carbocycles. The molecule has 2 heterocycles. The van der Waals surface area contributed by atoms with Gasteiger partial charge in [0, 0.05) is 18.1 Å². The Kier molecular flexibility index (Phi) is 4.96. The molecule has 0 bridgehead atoms. The van der Waals surface area contributed by atoms with Crippen molar-refractivity contribution in [3.8, 4) is 11.8 Å². The Hall–Kier alpha value is -4.10. The molecule has 31 heavy (non-hydrogen) atoms. The van der Waals surface area contributed by atoms with Gasteiger partial charge in [-0.05, 0) is 43.3 Å².